The lowest BCUT2D eigenvalue weighted by Crippen LogP contribution is -2.22. The van der Waals surface area contributed by atoms with E-state index >= 15 is 0 Å². The van der Waals surface area contributed by atoms with Crippen LogP contribution in [0.1, 0.15) is 5.56 Å². The highest BCUT2D eigenvalue weighted by Gasteiger charge is 2.14. The van der Waals surface area contributed by atoms with Crippen LogP contribution < -0.4 is 0 Å². The fraction of sp³-hybridized carbons (Fsp3) is 0.250. The van der Waals surface area contributed by atoms with Crippen molar-refractivity contribution in [2.45, 2.75) is 19.6 Å². The summed E-state index contributed by atoms with van der Waals surface area (Å²) in [6.07, 6.45) is 5.57. The van der Waals surface area contributed by atoms with Crippen molar-refractivity contribution in [3.05, 3.63) is 42.0 Å². The first-order valence-corrected chi connectivity index (χ1v) is 8.42. The number of hydrogen-bond acceptors (Lipinski definition) is 2. The van der Waals surface area contributed by atoms with E-state index in [1.165, 1.54) is 0 Å². The Labute approximate surface area is 92.4 Å². The molecule has 1 aromatic rings. The van der Waals surface area contributed by atoms with Gasteiger partial charge in [0, 0.05) is 0 Å². The molecule has 0 aliphatic rings. The number of oxime groups is 1. The van der Waals surface area contributed by atoms with Crippen LogP contribution in [0.2, 0.25) is 19.6 Å². The standard InChI is InChI=1S/C12H17NOSi/c1-15(2,3)14-13-11-7-10-12-8-5-4-6-9-12/h4-11H,1-3H3/b10-7+,13-11+. The summed E-state index contributed by atoms with van der Waals surface area (Å²) in [4.78, 5) is 0. The van der Waals surface area contributed by atoms with E-state index in [-0.39, 0.29) is 0 Å². The third kappa shape index (κ3) is 5.86. The van der Waals surface area contributed by atoms with E-state index < -0.39 is 8.32 Å². The molecule has 0 atom stereocenters. The Morgan fingerprint density at radius 1 is 1.13 bits per heavy atom. The second kappa shape index (κ2) is 5.51. The molecule has 0 bridgehead atoms. The first kappa shape index (κ1) is 11.7. The zero-order valence-electron chi connectivity index (χ0n) is 9.47. The van der Waals surface area contributed by atoms with Crippen LogP contribution in [0.25, 0.3) is 6.08 Å². The van der Waals surface area contributed by atoms with Crippen molar-refractivity contribution < 1.29 is 4.53 Å². The van der Waals surface area contributed by atoms with Gasteiger partial charge in [-0.25, -0.2) is 0 Å². The zero-order valence-corrected chi connectivity index (χ0v) is 10.5. The number of hydrogen-bond donors (Lipinski definition) is 0. The lowest BCUT2D eigenvalue weighted by molar-refractivity contribution is 0.338. The molecule has 0 fully saturated rings. The Morgan fingerprint density at radius 3 is 2.40 bits per heavy atom. The van der Waals surface area contributed by atoms with Crippen molar-refractivity contribution in [2.75, 3.05) is 0 Å². The first-order valence-electron chi connectivity index (χ1n) is 5.01. The van der Waals surface area contributed by atoms with Crippen LogP contribution >= 0.6 is 0 Å². The molecule has 0 saturated heterocycles. The minimum atomic E-state index is -1.52. The van der Waals surface area contributed by atoms with Gasteiger partial charge >= 0.3 is 0 Å². The maximum Gasteiger partial charge on any atom is 0.278 e. The normalized spacial score (nSPS) is 12.5. The highest BCUT2D eigenvalue weighted by Crippen LogP contribution is 2.02. The van der Waals surface area contributed by atoms with E-state index in [2.05, 4.69) is 24.8 Å². The number of rotatable bonds is 4. The third-order valence-corrected chi connectivity index (χ3v) is 2.21. The Hall–Kier alpha value is -1.35. The second-order valence-corrected chi connectivity index (χ2v) is 8.64. The molecule has 0 radical (unpaired) electrons. The summed E-state index contributed by atoms with van der Waals surface area (Å²) >= 11 is 0. The monoisotopic (exact) mass is 219 g/mol. The zero-order chi connectivity index (χ0) is 11.1. The van der Waals surface area contributed by atoms with Gasteiger partial charge in [0.2, 0.25) is 0 Å². The van der Waals surface area contributed by atoms with Crippen LogP contribution in [-0.2, 0) is 4.53 Å². The molecule has 3 heteroatoms. The van der Waals surface area contributed by atoms with E-state index in [9.17, 15) is 0 Å². The fourth-order valence-corrected chi connectivity index (χ4v) is 1.32. The van der Waals surface area contributed by atoms with E-state index in [1.54, 1.807) is 6.21 Å². The van der Waals surface area contributed by atoms with Gasteiger partial charge in [0.05, 0.1) is 6.21 Å². The molecular formula is C12H17NOSi. The quantitative estimate of drug-likeness (QED) is 0.431. The molecule has 0 spiro atoms. The van der Waals surface area contributed by atoms with Gasteiger partial charge in [-0.15, -0.1) is 5.16 Å². The summed E-state index contributed by atoms with van der Waals surface area (Å²) in [6, 6.07) is 10.1. The molecule has 1 aromatic carbocycles. The molecule has 0 saturated carbocycles. The topological polar surface area (TPSA) is 21.6 Å². The van der Waals surface area contributed by atoms with Crippen molar-refractivity contribution >= 4 is 20.6 Å². The van der Waals surface area contributed by atoms with Gasteiger partial charge in [0.1, 0.15) is 0 Å². The number of nitrogens with zero attached hydrogens (tertiary/aromatic N) is 1. The molecule has 80 valence electrons. The maximum absolute atomic E-state index is 5.32. The first-order chi connectivity index (χ1) is 7.08. The minimum Gasteiger partial charge on any atom is -0.456 e. The van der Waals surface area contributed by atoms with Gasteiger partial charge in [0.25, 0.3) is 8.32 Å². The molecule has 0 aliphatic carbocycles. The molecule has 0 aliphatic heterocycles. The van der Waals surface area contributed by atoms with E-state index in [0.29, 0.717) is 0 Å². The average Bonchev–Trinajstić information content (AvgIpc) is 2.17. The van der Waals surface area contributed by atoms with E-state index in [4.69, 9.17) is 4.53 Å². The van der Waals surface area contributed by atoms with Crippen LogP contribution in [0.4, 0.5) is 0 Å². The molecule has 0 heterocycles. The molecule has 1 rings (SSSR count). The van der Waals surface area contributed by atoms with Crippen molar-refractivity contribution in [1.82, 2.24) is 0 Å². The predicted molar refractivity (Wildman–Crippen MR) is 68.4 cm³/mol. The van der Waals surface area contributed by atoms with E-state index in [0.717, 1.165) is 5.56 Å². The Morgan fingerprint density at radius 2 is 1.80 bits per heavy atom. The molecule has 0 amide bonds. The average molecular weight is 219 g/mol. The van der Waals surface area contributed by atoms with E-state index in [1.807, 2.05) is 42.5 Å². The lowest BCUT2D eigenvalue weighted by atomic mass is 10.2. The smallest absolute Gasteiger partial charge is 0.278 e. The minimum absolute atomic E-state index is 1.16. The number of allylic oxidation sites excluding steroid dienone is 1. The molecule has 15 heavy (non-hydrogen) atoms. The molecule has 0 aromatic heterocycles. The lowest BCUT2D eigenvalue weighted by Gasteiger charge is -2.11. The fourth-order valence-electron chi connectivity index (χ4n) is 0.942. The Bertz CT molecular complexity index is 338. The summed E-state index contributed by atoms with van der Waals surface area (Å²) in [7, 11) is -1.52. The Kier molecular flexibility index (Phi) is 4.30. The largest absolute Gasteiger partial charge is 0.456 e. The van der Waals surface area contributed by atoms with Crippen molar-refractivity contribution in [2.24, 2.45) is 5.16 Å². The molecule has 0 N–H and O–H groups in total. The van der Waals surface area contributed by atoms with Crippen molar-refractivity contribution in [1.29, 1.82) is 0 Å². The van der Waals surface area contributed by atoms with Gasteiger partial charge < -0.3 is 4.53 Å². The van der Waals surface area contributed by atoms with Crippen molar-refractivity contribution in [3.63, 3.8) is 0 Å². The van der Waals surface area contributed by atoms with Gasteiger partial charge in [0.15, 0.2) is 0 Å². The highest BCUT2D eigenvalue weighted by molar-refractivity contribution is 6.69. The van der Waals surface area contributed by atoms with Gasteiger partial charge in [-0.1, -0.05) is 36.4 Å². The van der Waals surface area contributed by atoms with Gasteiger partial charge in [-0.2, -0.15) is 0 Å². The SMILES string of the molecule is C[Si](C)(C)O/N=C/C=C/c1ccccc1. The summed E-state index contributed by atoms with van der Waals surface area (Å²) in [5, 5.41) is 3.91. The van der Waals surface area contributed by atoms with Crippen LogP contribution in [0.3, 0.4) is 0 Å². The summed E-state index contributed by atoms with van der Waals surface area (Å²) in [6.45, 7) is 6.31. The molecular weight excluding hydrogens is 202 g/mol. The summed E-state index contributed by atoms with van der Waals surface area (Å²) < 4.78 is 5.32. The summed E-state index contributed by atoms with van der Waals surface area (Å²) in [5.41, 5.74) is 1.16. The van der Waals surface area contributed by atoms with Crippen molar-refractivity contribution in [3.8, 4) is 0 Å². The predicted octanol–water partition coefficient (Wildman–Crippen LogP) is 3.54. The van der Waals surface area contributed by atoms with Gasteiger partial charge in [-0.05, 0) is 31.3 Å². The van der Waals surface area contributed by atoms with Gasteiger partial charge in [-0.3, -0.25) is 0 Å². The van der Waals surface area contributed by atoms with Crippen LogP contribution in [0.15, 0.2) is 41.6 Å². The van der Waals surface area contributed by atoms with Crippen LogP contribution in [-0.4, -0.2) is 14.5 Å². The van der Waals surface area contributed by atoms with Crippen LogP contribution in [0, 0.1) is 0 Å². The number of benzene rings is 1. The molecule has 0 unspecified atom stereocenters. The van der Waals surface area contributed by atoms with Crippen LogP contribution in [0.5, 0.6) is 0 Å². The molecule has 2 nitrogen and oxygen atoms in total. The maximum atomic E-state index is 5.32. The highest BCUT2D eigenvalue weighted by atomic mass is 28.4. The third-order valence-electron chi connectivity index (χ3n) is 1.56. The Balaban J connectivity index is 2.41. The summed E-state index contributed by atoms with van der Waals surface area (Å²) in [5.74, 6) is 0. The second-order valence-electron chi connectivity index (χ2n) is 4.23.